The van der Waals surface area contributed by atoms with Gasteiger partial charge < -0.3 is 0 Å². The van der Waals surface area contributed by atoms with E-state index in [-0.39, 0.29) is 0 Å². The maximum atomic E-state index is 13.7. The van der Waals surface area contributed by atoms with E-state index < -0.39 is 24.7 Å². The molecule has 1 amide bonds. The van der Waals surface area contributed by atoms with Crippen LogP contribution in [0.2, 0.25) is 5.02 Å². The van der Waals surface area contributed by atoms with Gasteiger partial charge in [-0.1, -0.05) is 11.6 Å². The van der Waals surface area contributed by atoms with Crippen LogP contribution in [-0.4, -0.2) is 42.7 Å². The Balaban J connectivity index is 0.000000326. The zero-order chi connectivity index (χ0) is 18.8. The number of carbonyl (C=O) groups is 1. The minimum absolute atomic E-state index is 0.340. The first-order valence-electron chi connectivity index (χ1n) is 7.06. The molecule has 1 aromatic carbocycles. The van der Waals surface area contributed by atoms with Crippen LogP contribution >= 0.6 is 11.6 Å². The summed E-state index contributed by atoms with van der Waals surface area (Å²) in [5.41, 5.74) is 1.49. The lowest BCUT2D eigenvalue weighted by Gasteiger charge is -2.31. The molecule has 2 heterocycles. The molecule has 1 aromatic rings. The Morgan fingerprint density at radius 1 is 1.32 bits per heavy atom. The second kappa shape index (κ2) is 7.38. The lowest BCUT2D eigenvalue weighted by Crippen LogP contribution is -2.47. The molecule has 25 heavy (non-hydrogen) atoms. The van der Waals surface area contributed by atoms with Gasteiger partial charge in [-0.15, -0.1) is 0 Å². The van der Waals surface area contributed by atoms with E-state index in [1.807, 2.05) is 6.92 Å². The number of benzene rings is 1. The van der Waals surface area contributed by atoms with Crippen molar-refractivity contribution >= 4 is 29.2 Å². The smallest absolute Gasteiger partial charge is 0.286 e. The van der Waals surface area contributed by atoms with Crippen LogP contribution in [0.3, 0.4) is 0 Å². The number of carbonyl (C=O) groups excluding carboxylic acids is 1. The van der Waals surface area contributed by atoms with Gasteiger partial charge in [0, 0.05) is 11.6 Å². The lowest BCUT2D eigenvalue weighted by atomic mass is 10.2. The van der Waals surface area contributed by atoms with Crippen LogP contribution in [0, 0.1) is 6.92 Å². The summed E-state index contributed by atoms with van der Waals surface area (Å²) in [4.78, 5) is 19.0. The summed E-state index contributed by atoms with van der Waals surface area (Å²) in [7, 11) is 0. The van der Waals surface area contributed by atoms with Crippen LogP contribution < -0.4 is 4.90 Å². The van der Waals surface area contributed by atoms with Crippen LogP contribution in [0.5, 0.6) is 0 Å². The van der Waals surface area contributed by atoms with Crippen molar-refractivity contribution in [1.82, 2.24) is 4.90 Å². The Morgan fingerprint density at radius 3 is 2.52 bits per heavy atom. The van der Waals surface area contributed by atoms with E-state index >= 15 is 0 Å². The number of halogens is 6. The SMILES string of the molecule is Cc1cc(N2C(=O)C=C(F)N3CCN=C32)ccc1Cl.FCC(F)(F)F. The summed E-state index contributed by atoms with van der Waals surface area (Å²) >= 11 is 5.97. The highest BCUT2D eigenvalue weighted by Gasteiger charge is 2.35. The number of guanidine groups is 1. The van der Waals surface area contributed by atoms with Crippen molar-refractivity contribution in [2.45, 2.75) is 13.1 Å². The number of fused-ring (bicyclic) bond motifs is 1. The molecule has 0 bridgehead atoms. The predicted molar refractivity (Wildman–Crippen MR) is 83.9 cm³/mol. The van der Waals surface area contributed by atoms with Crippen molar-refractivity contribution < 1.29 is 26.7 Å². The van der Waals surface area contributed by atoms with E-state index in [1.54, 1.807) is 18.2 Å². The van der Waals surface area contributed by atoms with Gasteiger partial charge in [0.15, 0.2) is 6.67 Å². The molecule has 0 fully saturated rings. The number of hydrogen-bond donors (Lipinski definition) is 0. The van der Waals surface area contributed by atoms with E-state index in [2.05, 4.69) is 4.99 Å². The molecule has 4 nitrogen and oxygen atoms in total. The molecular formula is C15H13ClF5N3O. The van der Waals surface area contributed by atoms with Crippen molar-refractivity contribution in [2.75, 3.05) is 24.7 Å². The number of anilines is 1. The summed E-state index contributed by atoms with van der Waals surface area (Å²) < 4.78 is 55.3. The molecular weight excluding hydrogens is 369 g/mol. The average Bonchev–Trinajstić information content (AvgIpc) is 3.00. The van der Waals surface area contributed by atoms with Gasteiger partial charge in [-0.25, -0.2) is 9.29 Å². The Hall–Kier alpha value is -2.16. The fourth-order valence-electron chi connectivity index (χ4n) is 2.18. The first-order chi connectivity index (χ1) is 11.6. The summed E-state index contributed by atoms with van der Waals surface area (Å²) in [5, 5.41) is 0.625. The molecule has 0 N–H and O–H groups in total. The van der Waals surface area contributed by atoms with Crippen LogP contribution in [0.4, 0.5) is 27.6 Å². The molecule has 3 rings (SSSR count). The lowest BCUT2D eigenvalue weighted by molar-refractivity contribution is -0.142. The topological polar surface area (TPSA) is 35.9 Å². The minimum Gasteiger partial charge on any atom is -0.286 e. The maximum Gasteiger partial charge on any atom is 0.416 e. The second-order valence-electron chi connectivity index (χ2n) is 5.16. The molecule has 0 aromatic heterocycles. The summed E-state index contributed by atoms with van der Waals surface area (Å²) in [6.45, 7) is 0.554. The van der Waals surface area contributed by atoms with Crippen molar-refractivity contribution in [2.24, 2.45) is 4.99 Å². The van der Waals surface area contributed by atoms with Crippen LogP contribution in [0.15, 0.2) is 35.2 Å². The summed E-state index contributed by atoms with van der Waals surface area (Å²) in [6.07, 6.45) is -3.64. The molecule has 2 aliphatic heterocycles. The normalized spacial score (nSPS) is 16.8. The number of rotatable bonds is 1. The minimum atomic E-state index is -4.62. The molecule has 0 unspecified atom stereocenters. The van der Waals surface area contributed by atoms with Gasteiger partial charge in [0.1, 0.15) is 0 Å². The molecule has 10 heteroatoms. The van der Waals surface area contributed by atoms with Gasteiger partial charge in [0.2, 0.25) is 11.9 Å². The number of amides is 1. The Kier molecular flexibility index (Phi) is 5.66. The summed E-state index contributed by atoms with van der Waals surface area (Å²) in [6, 6.07) is 5.23. The Labute approximate surface area is 145 Å². The quantitative estimate of drug-likeness (QED) is 0.544. The first kappa shape index (κ1) is 19.2. The first-order valence-corrected chi connectivity index (χ1v) is 7.44. The van der Waals surface area contributed by atoms with Gasteiger partial charge in [0.05, 0.1) is 18.3 Å². The van der Waals surface area contributed by atoms with Gasteiger partial charge >= 0.3 is 6.18 Å². The van der Waals surface area contributed by atoms with E-state index in [9.17, 15) is 26.7 Å². The predicted octanol–water partition coefficient (Wildman–Crippen LogP) is 4.00. The molecule has 0 radical (unpaired) electrons. The number of aliphatic imine (C=N–C) groups is 1. The van der Waals surface area contributed by atoms with E-state index in [1.165, 1.54) is 9.80 Å². The second-order valence-corrected chi connectivity index (χ2v) is 5.56. The maximum absolute atomic E-state index is 13.7. The molecule has 0 atom stereocenters. The molecule has 0 aliphatic carbocycles. The number of nitrogens with zero attached hydrogens (tertiary/aromatic N) is 3. The zero-order valence-electron chi connectivity index (χ0n) is 12.9. The third-order valence-electron chi connectivity index (χ3n) is 3.29. The largest absolute Gasteiger partial charge is 0.416 e. The average molecular weight is 382 g/mol. The highest BCUT2D eigenvalue weighted by molar-refractivity contribution is 6.31. The highest BCUT2D eigenvalue weighted by atomic mass is 35.5. The number of aryl methyl sites for hydroxylation is 1. The van der Waals surface area contributed by atoms with Crippen LogP contribution in [0.25, 0.3) is 0 Å². The van der Waals surface area contributed by atoms with Crippen molar-refractivity contribution in [3.05, 3.63) is 40.8 Å². The molecule has 0 saturated heterocycles. The Morgan fingerprint density at radius 2 is 1.96 bits per heavy atom. The Bertz CT molecular complexity index is 732. The fraction of sp³-hybridized carbons (Fsp3) is 0.333. The zero-order valence-corrected chi connectivity index (χ0v) is 13.7. The van der Waals surface area contributed by atoms with Gasteiger partial charge in [0.25, 0.3) is 5.91 Å². The molecule has 0 spiro atoms. The van der Waals surface area contributed by atoms with Crippen molar-refractivity contribution in [3.63, 3.8) is 0 Å². The van der Waals surface area contributed by atoms with Crippen LogP contribution in [-0.2, 0) is 4.79 Å². The van der Waals surface area contributed by atoms with Crippen molar-refractivity contribution in [1.29, 1.82) is 0 Å². The molecule has 2 aliphatic rings. The van der Waals surface area contributed by atoms with Crippen molar-refractivity contribution in [3.8, 4) is 0 Å². The summed E-state index contributed by atoms with van der Waals surface area (Å²) in [5.74, 6) is -0.647. The van der Waals surface area contributed by atoms with Gasteiger partial charge in [-0.05, 0) is 30.7 Å². The van der Waals surface area contributed by atoms with Gasteiger partial charge in [-0.3, -0.25) is 14.7 Å². The third kappa shape index (κ3) is 4.47. The standard InChI is InChI=1S/C13H11ClFN3O.C2H2F4/c1-8-6-9(2-3-10(8)14)18-12(19)7-11(15)17-5-4-16-13(17)18;3-1-2(4,5)6/h2-3,6-7H,4-5H2,1H3;1H2. The number of alkyl halides is 4. The van der Waals surface area contributed by atoms with E-state index in [4.69, 9.17) is 11.6 Å². The molecule has 136 valence electrons. The van der Waals surface area contributed by atoms with E-state index in [0.29, 0.717) is 29.8 Å². The van der Waals surface area contributed by atoms with E-state index in [0.717, 1.165) is 11.6 Å². The van der Waals surface area contributed by atoms with Crippen LogP contribution in [0.1, 0.15) is 5.56 Å². The number of hydrogen-bond acceptors (Lipinski definition) is 3. The third-order valence-corrected chi connectivity index (χ3v) is 3.71. The monoisotopic (exact) mass is 381 g/mol. The fourth-order valence-corrected chi connectivity index (χ4v) is 2.30. The highest BCUT2D eigenvalue weighted by Crippen LogP contribution is 2.28. The van der Waals surface area contributed by atoms with Gasteiger partial charge in [-0.2, -0.15) is 17.6 Å². The molecule has 0 saturated carbocycles.